The molecule has 2 rings (SSSR count). The van der Waals surface area contributed by atoms with Gasteiger partial charge in [0.2, 0.25) is 0 Å². The van der Waals surface area contributed by atoms with Crippen molar-refractivity contribution in [3.8, 4) is 0 Å². The molecule has 0 unspecified atom stereocenters. The summed E-state index contributed by atoms with van der Waals surface area (Å²) in [4.78, 5) is 0. The zero-order chi connectivity index (χ0) is 14.9. The molecule has 0 fully saturated rings. The average molecular weight is 289 g/mol. The van der Waals surface area contributed by atoms with Crippen molar-refractivity contribution in [2.75, 3.05) is 13.2 Å². The molecule has 1 N–H and O–H groups in total. The Kier molecular flexibility index (Phi) is 6.77. The van der Waals surface area contributed by atoms with E-state index >= 15 is 0 Å². The molecule has 0 aliphatic carbocycles. The van der Waals surface area contributed by atoms with E-state index in [1.54, 1.807) is 0 Å². The highest BCUT2D eigenvalue weighted by Gasteiger charge is 2.13. The maximum Gasteiger partial charge on any atom is 0.135 e. The molecule has 0 aliphatic heterocycles. The van der Waals surface area contributed by atoms with Crippen LogP contribution < -0.4 is 5.32 Å². The Bertz CT molecular complexity index is 533. The second-order valence-corrected chi connectivity index (χ2v) is 5.39. The summed E-state index contributed by atoms with van der Waals surface area (Å²) in [6.45, 7) is 7.52. The smallest absolute Gasteiger partial charge is 0.135 e. The molecule has 0 bridgehead atoms. The molecule has 0 aliphatic rings. The summed E-state index contributed by atoms with van der Waals surface area (Å²) in [5.74, 6) is 0.965. The first-order valence-corrected chi connectivity index (χ1v) is 8.14. The summed E-state index contributed by atoms with van der Waals surface area (Å²) >= 11 is 0. The van der Waals surface area contributed by atoms with Crippen molar-refractivity contribution in [3.63, 3.8) is 0 Å². The van der Waals surface area contributed by atoms with Gasteiger partial charge in [0.1, 0.15) is 18.0 Å². The van der Waals surface area contributed by atoms with E-state index in [1.165, 1.54) is 30.2 Å². The molecule has 0 spiro atoms. The lowest BCUT2D eigenvalue weighted by Gasteiger charge is -2.05. The lowest BCUT2D eigenvalue weighted by Crippen LogP contribution is -2.13. The van der Waals surface area contributed by atoms with Crippen LogP contribution in [0.2, 0.25) is 0 Å². The van der Waals surface area contributed by atoms with Crippen molar-refractivity contribution in [3.05, 3.63) is 35.6 Å². The topological polar surface area (TPSA) is 34.4 Å². The van der Waals surface area contributed by atoms with E-state index in [0.717, 1.165) is 37.5 Å². The zero-order valence-corrected chi connectivity index (χ0v) is 13.3. The number of ether oxygens (including phenoxy) is 1. The summed E-state index contributed by atoms with van der Waals surface area (Å²) < 4.78 is 11.8. The minimum absolute atomic E-state index is 0.571. The molecule has 2 aromatic rings. The normalized spacial score (nSPS) is 11.3. The van der Waals surface area contributed by atoms with Gasteiger partial charge in [-0.25, -0.2) is 0 Å². The van der Waals surface area contributed by atoms with Crippen LogP contribution in [0.15, 0.2) is 28.7 Å². The van der Waals surface area contributed by atoms with Crippen molar-refractivity contribution in [2.24, 2.45) is 0 Å². The highest BCUT2D eigenvalue weighted by atomic mass is 16.5. The van der Waals surface area contributed by atoms with Crippen LogP contribution in [0.3, 0.4) is 0 Å². The van der Waals surface area contributed by atoms with Crippen LogP contribution in [-0.4, -0.2) is 13.2 Å². The van der Waals surface area contributed by atoms with Gasteiger partial charge in [-0.15, -0.1) is 0 Å². The van der Waals surface area contributed by atoms with Crippen molar-refractivity contribution < 1.29 is 9.15 Å². The van der Waals surface area contributed by atoms with E-state index < -0.39 is 0 Å². The first-order valence-electron chi connectivity index (χ1n) is 8.14. The highest BCUT2D eigenvalue weighted by molar-refractivity contribution is 5.82. The van der Waals surface area contributed by atoms with Gasteiger partial charge in [0.15, 0.2) is 0 Å². The third-order valence-corrected chi connectivity index (χ3v) is 3.71. The number of furan rings is 1. The molecule has 1 heterocycles. The van der Waals surface area contributed by atoms with Crippen molar-refractivity contribution in [1.29, 1.82) is 0 Å². The minimum atomic E-state index is 0.571. The van der Waals surface area contributed by atoms with Gasteiger partial charge in [0.25, 0.3) is 0 Å². The molecule has 3 heteroatoms. The summed E-state index contributed by atoms with van der Waals surface area (Å²) in [5, 5.41) is 4.58. The first kappa shape index (κ1) is 16.1. The van der Waals surface area contributed by atoms with Gasteiger partial charge in [-0.05, 0) is 19.0 Å². The fourth-order valence-electron chi connectivity index (χ4n) is 2.51. The lowest BCUT2D eigenvalue weighted by atomic mass is 10.1. The Morgan fingerprint density at radius 1 is 1.10 bits per heavy atom. The van der Waals surface area contributed by atoms with Crippen LogP contribution >= 0.6 is 0 Å². The highest BCUT2D eigenvalue weighted by Crippen LogP contribution is 2.26. The lowest BCUT2D eigenvalue weighted by molar-refractivity contribution is 0.103. The van der Waals surface area contributed by atoms with Crippen LogP contribution in [0.25, 0.3) is 11.0 Å². The van der Waals surface area contributed by atoms with Crippen LogP contribution in [-0.2, 0) is 17.9 Å². The molecule has 0 saturated heterocycles. The van der Waals surface area contributed by atoms with Crippen LogP contribution in [0, 0.1) is 0 Å². The van der Waals surface area contributed by atoms with E-state index in [2.05, 4.69) is 31.3 Å². The third-order valence-electron chi connectivity index (χ3n) is 3.71. The van der Waals surface area contributed by atoms with Gasteiger partial charge in [-0.3, -0.25) is 0 Å². The predicted molar refractivity (Wildman–Crippen MR) is 87.4 cm³/mol. The maximum atomic E-state index is 5.96. The van der Waals surface area contributed by atoms with E-state index in [1.807, 2.05) is 12.1 Å². The number of nitrogens with one attached hydrogen (secondary N) is 1. The van der Waals surface area contributed by atoms with E-state index in [0.29, 0.717) is 6.61 Å². The molecular weight excluding hydrogens is 262 g/mol. The Labute approximate surface area is 127 Å². The quantitative estimate of drug-likeness (QED) is 0.647. The van der Waals surface area contributed by atoms with E-state index in [4.69, 9.17) is 9.15 Å². The molecule has 0 radical (unpaired) electrons. The van der Waals surface area contributed by atoms with Gasteiger partial charge in [0.05, 0.1) is 0 Å². The molecular formula is C18H27NO2. The number of hydrogen-bond acceptors (Lipinski definition) is 3. The van der Waals surface area contributed by atoms with Crippen molar-refractivity contribution in [2.45, 2.75) is 52.7 Å². The Morgan fingerprint density at radius 3 is 2.76 bits per heavy atom. The van der Waals surface area contributed by atoms with Gasteiger partial charge >= 0.3 is 0 Å². The minimum Gasteiger partial charge on any atom is -0.458 e. The zero-order valence-electron chi connectivity index (χ0n) is 13.3. The standard InChI is InChI=1S/C18H27NO2/c1-3-5-6-9-12-20-14-18-16(13-19-4-2)15-10-7-8-11-17(15)21-18/h7-8,10-11,19H,3-6,9,12-14H2,1-2H3. The predicted octanol–water partition coefficient (Wildman–Crippen LogP) is 4.64. The SMILES string of the molecule is CCCCCCOCc1oc2ccccc2c1CNCC. The molecule has 116 valence electrons. The van der Waals surface area contributed by atoms with Gasteiger partial charge in [0, 0.05) is 24.1 Å². The van der Waals surface area contributed by atoms with Gasteiger partial charge in [-0.1, -0.05) is 51.3 Å². The molecule has 21 heavy (non-hydrogen) atoms. The number of hydrogen-bond donors (Lipinski definition) is 1. The molecule has 0 saturated carbocycles. The second kappa shape index (κ2) is 8.85. The number of fused-ring (bicyclic) bond motifs is 1. The molecule has 1 aromatic heterocycles. The third kappa shape index (κ3) is 4.58. The maximum absolute atomic E-state index is 5.96. The fraction of sp³-hybridized carbons (Fsp3) is 0.556. The summed E-state index contributed by atoms with van der Waals surface area (Å²) in [5.41, 5.74) is 2.19. The number of para-hydroxylation sites is 1. The van der Waals surface area contributed by atoms with Crippen LogP contribution in [0.5, 0.6) is 0 Å². The largest absolute Gasteiger partial charge is 0.458 e. The van der Waals surface area contributed by atoms with Crippen LogP contribution in [0.4, 0.5) is 0 Å². The first-order chi connectivity index (χ1) is 10.4. The summed E-state index contributed by atoms with van der Waals surface area (Å²) in [7, 11) is 0. The van der Waals surface area contributed by atoms with Crippen molar-refractivity contribution in [1.82, 2.24) is 5.32 Å². The van der Waals surface area contributed by atoms with E-state index in [9.17, 15) is 0 Å². The summed E-state index contributed by atoms with van der Waals surface area (Å²) in [6, 6.07) is 8.21. The Morgan fingerprint density at radius 2 is 1.95 bits per heavy atom. The van der Waals surface area contributed by atoms with Gasteiger partial charge in [-0.2, -0.15) is 0 Å². The molecule has 0 atom stereocenters. The Hall–Kier alpha value is -1.32. The second-order valence-electron chi connectivity index (χ2n) is 5.39. The summed E-state index contributed by atoms with van der Waals surface area (Å²) in [6.07, 6.45) is 4.94. The average Bonchev–Trinajstić information content (AvgIpc) is 2.86. The van der Waals surface area contributed by atoms with Crippen molar-refractivity contribution >= 4 is 11.0 Å². The fourth-order valence-corrected chi connectivity index (χ4v) is 2.51. The number of unbranched alkanes of at least 4 members (excludes halogenated alkanes) is 3. The Balaban J connectivity index is 1.97. The van der Waals surface area contributed by atoms with Crippen LogP contribution in [0.1, 0.15) is 50.9 Å². The van der Waals surface area contributed by atoms with E-state index in [-0.39, 0.29) is 0 Å². The molecule has 3 nitrogen and oxygen atoms in total. The molecule has 1 aromatic carbocycles. The van der Waals surface area contributed by atoms with Gasteiger partial charge < -0.3 is 14.5 Å². The number of rotatable bonds is 10. The monoisotopic (exact) mass is 289 g/mol. The number of benzene rings is 1. The molecule has 0 amide bonds.